The van der Waals surface area contributed by atoms with Gasteiger partial charge < -0.3 is 23.7 Å². The Kier molecular flexibility index (Phi) is 10.3. The number of furan rings is 1. The molecule has 6 rings (SSSR count). The number of allylic oxidation sites excluding steroid dienone is 1. The van der Waals surface area contributed by atoms with Gasteiger partial charge in [-0.15, -0.1) is 6.58 Å². The van der Waals surface area contributed by atoms with Crippen LogP contribution in [0, 0.1) is 0 Å². The molecule has 2 aromatic heterocycles. The van der Waals surface area contributed by atoms with Crippen LogP contribution in [0.25, 0.3) is 5.57 Å². The number of amides is 2. The predicted molar refractivity (Wildman–Crippen MR) is 183 cm³/mol. The summed E-state index contributed by atoms with van der Waals surface area (Å²) < 4.78 is 17.5. The number of carbonyl (C=O) groups is 4. The lowest BCUT2D eigenvalue weighted by Gasteiger charge is -2.24. The molecule has 250 valence electrons. The zero-order valence-corrected chi connectivity index (χ0v) is 27.8. The maximum absolute atomic E-state index is 14.3. The summed E-state index contributed by atoms with van der Waals surface area (Å²) in [5.41, 5.74) is 2.15. The number of ether oxygens (including phenoxy) is 2. The minimum Gasteiger partial charge on any atom is -0.458 e. The summed E-state index contributed by atoms with van der Waals surface area (Å²) in [7, 11) is 3.38. The molecule has 0 bridgehead atoms. The second-order valence-electron chi connectivity index (χ2n) is 10.9. The molecule has 4 heterocycles. The maximum Gasteiger partial charge on any atom is 0.379 e. The van der Waals surface area contributed by atoms with Gasteiger partial charge in [0, 0.05) is 26.2 Å². The van der Waals surface area contributed by atoms with Crippen molar-refractivity contribution in [3.05, 3.63) is 140 Å². The predicted octanol–water partition coefficient (Wildman–Crippen LogP) is 3.38. The van der Waals surface area contributed by atoms with E-state index in [4.69, 9.17) is 13.9 Å². The van der Waals surface area contributed by atoms with Gasteiger partial charge in [-0.05, 0) is 42.8 Å². The Morgan fingerprint density at radius 3 is 2.37 bits per heavy atom. The fourth-order valence-electron chi connectivity index (χ4n) is 5.24. The Labute approximate surface area is 284 Å². The number of rotatable bonds is 9. The molecule has 2 aliphatic rings. The van der Waals surface area contributed by atoms with E-state index in [0.29, 0.717) is 27.3 Å². The first-order valence-corrected chi connectivity index (χ1v) is 15.8. The van der Waals surface area contributed by atoms with Gasteiger partial charge >= 0.3 is 11.9 Å². The molecule has 0 saturated carbocycles. The summed E-state index contributed by atoms with van der Waals surface area (Å²) in [6.07, 6.45) is 5.19. The third-order valence-electron chi connectivity index (χ3n) is 7.35. The first-order chi connectivity index (χ1) is 23.6. The Morgan fingerprint density at radius 1 is 1.02 bits per heavy atom. The van der Waals surface area contributed by atoms with Crippen LogP contribution in [-0.4, -0.2) is 61.0 Å². The normalized spacial score (nSPS) is 15.6. The van der Waals surface area contributed by atoms with Crippen molar-refractivity contribution in [1.29, 1.82) is 0 Å². The van der Waals surface area contributed by atoms with Crippen molar-refractivity contribution in [2.75, 3.05) is 32.1 Å². The second-order valence-corrected chi connectivity index (χ2v) is 11.9. The first kappa shape index (κ1) is 34.3. The third-order valence-corrected chi connectivity index (χ3v) is 8.40. The smallest absolute Gasteiger partial charge is 0.379 e. The monoisotopic (exact) mass is 680 g/mol. The molecule has 1 atom stereocenters. The quantitative estimate of drug-likeness (QED) is 0.113. The summed E-state index contributed by atoms with van der Waals surface area (Å²) in [5, 5.41) is 0. The number of fused-ring (bicyclic) bond motifs is 2. The van der Waals surface area contributed by atoms with Crippen molar-refractivity contribution in [3.63, 3.8) is 0 Å². The number of esters is 2. The highest BCUT2D eigenvalue weighted by Crippen LogP contribution is 2.36. The van der Waals surface area contributed by atoms with Crippen LogP contribution in [0.5, 0.6) is 5.75 Å². The number of thiazole rings is 1. The first-order valence-electron chi connectivity index (χ1n) is 14.9. The van der Waals surface area contributed by atoms with Crippen LogP contribution in [-0.2, 0) is 19.1 Å². The number of hydrogen-bond acceptors (Lipinski definition) is 10. The Morgan fingerprint density at radius 2 is 1.73 bits per heavy atom. The van der Waals surface area contributed by atoms with E-state index in [0.717, 1.165) is 17.7 Å². The molecule has 0 N–H and O–H groups in total. The van der Waals surface area contributed by atoms with E-state index in [1.807, 2.05) is 18.2 Å². The zero-order chi connectivity index (χ0) is 35.2. The summed E-state index contributed by atoms with van der Waals surface area (Å²) in [5.74, 6) is -1.38. The Bertz CT molecular complexity index is 2160. The lowest BCUT2D eigenvalue weighted by atomic mass is 9.96. The van der Waals surface area contributed by atoms with Crippen LogP contribution >= 0.6 is 11.3 Å². The van der Waals surface area contributed by atoms with E-state index in [2.05, 4.69) is 18.2 Å². The molecular weight excluding hydrogens is 648 g/mol. The highest BCUT2D eigenvalue weighted by atomic mass is 32.1. The van der Waals surface area contributed by atoms with Crippen LogP contribution in [0.1, 0.15) is 34.6 Å². The number of hydrogen-bond donors (Lipinski definition) is 0. The minimum atomic E-state index is -0.941. The van der Waals surface area contributed by atoms with Crippen molar-refractivity contribution in [2.45, 2.75) is 13.0 Å². The molecule has 0 fully saturated rings. The Hall–Kier alpha value is -6.08. The van der Waals surface area contributed by atoms with Crippen molar-refractivity contribution in [1.82, 2.24) is 9.47 Å². The van der Waals surface area contributed by atoms with Crippen molar-refractivity contribution < 1.29 is 33.1 Å². The van der Waals surface area contributed by atoms with Gasteiger partial charge in [-0.2, -0.15) is 0 Å². The molecule has 12 nitrogen and oxygen atoms in total. The van der Waals surface area contributed by atoms with E-state index in [1.54, 1.807) is 68.4 Å². The van der Waals surface area contributed by atoms with E-state index >= 15 is 0 Å². The summed E-state index contributed by atoms with van der Waals surface area (Å²) >= 11 is 1.08. The average molecular weight is 681 g/mol. The highest BCUT2D eigenvalue weighted by Gasteiger charge is 2.37. The number of nitrogens with zero attached hydrogens (tertiary/aromatic N) is 4. The summed E-state index contributed by atoms with van der Waals surface area (Å²) in [4.78, 5) is 71.0. The van der Waals surface area contributed by atoms with Gasteiger partial charge in [0.25, 0.3) is 11.5 Å². The second kappa shape index (κ2) is 14.8. The third kappa shape index (κ3) is 6.83. The Balaban J connectivity index is 0.000000874. The molecule has 49 heavy (non-hydrogen) atoms. The average Bonchev–Trinajstić information content (AvgIpc) is 3.81. The van der Waals surface area contributed by atoms with Crippen LogP contribution in [0.2, 0.25) is 0 Å². The standard InChI is InChI=1S/C33H25N3O7S.C3H7NO/c1-4-16-35-23-10-7-6-9-22(23)26(29(35)37)28-30(38)36-27(25(32(40)42-17-5-2)19(3)34-33(36)44-28)20-12-14-21(15-13-20)43-31(39)24-11-8-18-41-24;1-4(2)3-5/h4-15,18,27H,1-2,16-17H2,3H3;3H,1-2H3/b28-26-;. The van der Waals surface area contributed by atoms with Crippen molar-refractivity contribution in [3.8, 4) is 5.75 Å². The lowest BCUT2D eigenvalue weighted by molar-refractivity contribution is -0.138. The molecule has 2 amide bonds. The van der Waals surface area contributed by atoms with E-state index in [9.17, 15) is 24.0 Å². The van der Waals surface area contributed by atoms with Gasteiger partial charge in [0.05, 0.1) is 34.8 Å². The molecule has 2 aliphatic heterocycles. The molecule has 4 aromatic rings. The topological polar surface area (TPSA) is 141 Å². The van der Waals surface area contributed by atoms with Crippen molar-refractivity contribution >= 4 is 46.9 Å². The van der Waals surface area contributed by atoms with E-state index < -0.39 is 23.5 Å². The fourth-order valence-corrected chi connectivity index (χ4v) is 6.38. The van der Waals surface area contributed by atoms with E-state index in [-0.39, 0.29) is 46.2 Å². The van der Waals surface area contributed by atoms with Gasteiger partial charge in [0.1, 0.15) is 16.9 Å². The fraction of sp³-hybridized carbons (Fsp3) is 0.167. The number of para-hydroxylation sites is 1. The number of carbonyl (C=O) groups excluding carboxylic acids is 4. The molecular formula is C36H32N4O8S. The van der Waals surface area contributed by atoms with Gasteiger partial charge in [-0.1, -0.05) is 60.4 Å². The van der Waals surface area contributed by atoms with E-state index in [1.165, 1.54) is 27.9 Å². The molecule has 13 heteroatoms. The minimum absolute atomic E-state index is 0.0387. The van der Waals surface area contributed by atoms with Gasteiger partial charge in [-0.3, -0.25) is 19.0 Å². The molecule has 0 radical (unpaired) electrons. The van der Waals surface area contributed by atoms with Crippen molar-refractivity contribution in [2.24, 2.45) is 4.99 Å². The largest absolute Gasteiger partial charge is 0.458 e. The summed E-state index contributed by atoms with van der Waals surface area (Å²) in [6.45, 7) is 9.27. The molecule has 1 unspecified atom stereocenters. The highest BCUT2D eigenvalue weighted by molar-refractivity contribution is 7.07. The van der Waals surface area contributed by atoms with Gasteiger partial charge in [0.2, 0.25) is 12.2 Å². The lowest BCUT2D eigenvalue weighted by Crippen LogP contribution is -2.41. The van der Waals surface area contributed by atoms with Crippen LogP contribution < -0.4 is 24.5 Å². The molecule has 0 spiro atoms. The van der Waals surface area contributed by atoms with Crippen LogP contribution in [0.4, 0.5) is 5.69 Å². The number of benzene rings is 2. The molecule has 2 aromatic carbocycles. The molecule has 0 saturated heterocycles. The van der Waals surface area contributed by atoms with Gasteiger partial charge in [-0.25, -0.2) is 14.6 Å². The van der Waals surface area contributed by atoms with Gasteiger partial charge in [0.15, 0.2) is 4.80 Å². The number of aromatic nitrogens is 1. The SMILES string of the molecule is C=CCOC(=O)C1=C(C)N=c2s/c(=C3\C(=O)N(CC=C)c4ccccc43)c(=O)n2C1c1ccc(OC(=O)c2ccco2)cc1.CN(C)C=O. The summed E-state index contributed by atoms with van der Waals surface area (Å²) in [6, 6.07) is 15.8. The number of anilines is 1. The molecule has 0 aliphatic carbocycles. The van der Waals surface area contributed by atoms with Crippen LogP contribution in [0.15, 0.2) is 118 Å². The maximum atomic E-state index is 14.3. The van der Waals surface area contributed by atoms with Crippen LogP contribution in [0.3, 0.4) is 0 Å². The zero-order valence-electron chi connectivity index (χ0n) is 27.0.